The zero-order valence-corrected chi connectivity index (χ0v) is 12.4. The molecule has 0 aliphatic carbocycles. The minimum Gasteiger partial charge on any atom is -0.398 e. The highest BCUT2D eigenvalue weighted by Crippen LogP contribution is 2.28. The van der Waals surface area contributed by atoms with Gasteiger partial charge in [-0.3, -0.25) is 0 Å². The van der Waals surface area contributed by atoms with Crippen molar-refractivity contribution in [3.8, 4) is 0 Å². The maximum Gasteiger partial charge on any atom is 0.166 e. The lowest BCUT2D eigenvalue weighted by molar-refractivity contribution is 1.08. The van der Waals surface area contributed by atoms with Gasteiger partial charge in [0.2, 0.25) is 0 Å². The smallest absolute Gasteiger partial charge is 0.166 e. The highest BCUT2D eigenvalue weighted by molar-refractivity contribution is 7.98. The van der Waals surface area contributed by atoms with Gasteiger partial charge in [-0.15, -0.1) is 0 Å². The average Bonchev–Trinajstić information content (AvgIpc) is 2.87. The maximum absolute atomic E-state index is 6.18. The van der Waals surface area contributed by atoms with Gasteiger partial charge in [0.1, 0.15) is 0 Å². The number of benzene rings is 2. The van der Waals surface area contributed by atoms with Crippen LogP contribution < -0.4 is 5.73 Å². The van der Waals surface area contributed by atoms with Gasteiger partial charge in [0.05, 0.1) is 11.0 Å². The molecular weight excluding hydrogens is 266 g/mol. The summed E-state index contributed by atoms with van der Waals surface area (Å²) in [5, 5.41) is 0.934. The number of anilines is 1. The van der Waals surface area contributed by atoms with E-state index in [4.69, 9.17) is 5.73 Å². The molecule has 0 amide bonds. The number of hydrogen-bond donors (Lipinski definition) is 2. The van der Waals surface area contributed by atoms with Crippen LogP contribution in [0.5, 0.6) is 0 Å². The van der Waals surface area contributed by atoms with Crippen molar-refractivity contribution in [2.75, 3.05) is 5.73 Å². The molecule has 3 aromatic rings. The molecule has 1 aromatic heterocycles. The highest BCUT2D eigenvalue weighted by Gasteiger charge is 2.07. The van der Waals surface area contributed by atoms with Crippen LogP contribution in [0, 0.1) is 13.8 Å². The second-order valence-electron chi connectivity index (χ2n) is 4.93. The lowest BCUT2D eigenvalue weighted by Crippen LogP contribution is -1.98. The Kier molecular flexibility index (Phi) is 3.40. The van der Waals surface area contributed by atoms with Gasteiger partial charge >= 0.3 is 0 Å². The Morgan fingerprint density at radius 3 is 2.75 bits per heavy atom. The molecule has 0 spiro atoms. The number of hydrogen-bond acceptors (Lipinski definition) is 3. The number of rotatable bonds is 3. The van der Waals surface area contributed by atoms with Crippen LogP contribution in [0.4, 0.5) is 5.69 Å². The van der Waals surface area contributed by atoms with E-state index >= 15 is 0 Å². The van der Waals surface area contributed by atoms with E-state index in [2.05, 4.69) is 35.9 Å². The summed E-state index contributed by atoms with van der Waals surface area (Å²) >= 11 is 1.68. The molecular formula is C16H17N3S. The fourth-order valence-electron chi connectivity index (χ4n) is 2.16. The van der Waals surface area contributed by atoms with E-state index in [0.717, 1.165) is 27.6 Å². The first-order valence-electron chi connectivity index (χ1n) is 6.57. The molecule has 0 fully saturated rings. The fourth-order valence-corrected chi connectivity index (χ4v) is 3.05. The lowest BCUT2D eigenvalue weighted by atomic mass is 10.0. The summed E-state index contributed by atoms with van der Waals surface area (Å²) in [4.78, 5) is 7.89. The quantitative estimate of drug-likeness (QED) is 0.563. The van der Waals surface area contributed by atoms with Crippen LogP contribution in [0.25, 0.3) is 11.0 Å². The first kappa shape index (κ1) is 13.1. The second kappa shape index (κ2) is 5.21. The van der Waals surface area contributed by atoms with Crippen molar-refractivity contribution in [1.29, 1.82) is 0 Å². The molecule has 0 aliphatic rings. The predicted octanol–water partition coefficient (Wildman–Crippen LogP) is 4.05. The maximum atomic E-state index is 6.18. The lowest BCUT2D eigenvalue weighted by Gasteiger charge is -2.09. The molecule has 3 N–H and O–H groups in total. The number of aromatic nitrogens is 2. The summed E-state index contributed by atoms with van der Waals surface area (Å²) in [6.45, 7) is 4.15. The Hall–Kier alpha value is -1.94. The third kappa shape index (κ3) is 2.39. The fraction of sp³-hybridized carbons (Fsp3) is 0.188. The molecule has 3 nitrogen and oxygen atoms in total. The topological polar surface area (TPSA) is 54.7 Å². The Labute approximate surface area is 122 Å². The van der Waals surface area contributed by atoms with Gasteiger partial charge in [0.25, 0.3) is 0 Å². The first-order chi connectivity index (χ1) is 9.65. The number of aryl methyl sites for hydroxylation is 1. The molecule has 0 atom stereocenters. The number of H-pyrrole nitrogens is 1. The summed E-state index contributed by atoms with van der Waals surface area (Å²) in [5.41, 5.74) is 12.7. The van der Waals surface area contributed by atoms with Gasteiger partial charge in [-0.05, 0) is 42.7 Å². The zero-order chi connectivity index (χ0) is 14.1. The molecule has 0 unspecified atom stereocenters. The molecule has 0 aliphatic heterocycles. The standard InChI is InChI=1S/C16H17N3S/c1-10-7-8-12(15(17)11(10)2)9-20-16-18-13-5-3-4-6-14(13)19-16/h3-8H,9,17H2,1-2H3,(H,18,19). The normalized spacial score (nSPS) is 11.1. The Bertz CT molecular complexity index is 729. The molecule has 0 saturated heterocycles. The van der Waals surface area contributed by atoms with Crippen molar-refractivity contribution in [3.63, 3.8) is 0 Å². The van der Waals surface area contributed by atoms with Crippen LogP contribution in [-0.2, 0) is 5.75 Å². The van der Waals surface area contributed by atoms with Gasteiger partial charge in [0, 0.05) is 11.4 Å². The van der Waals surface area contributed by atoms with Crippen LogP contribution in [-0.4, -0.2) is 9.97 Å². The Balaban J connectivity index is 1.81. The largest absolute Gasteiger partial charge is 0.398 e. The van der Waals surface area contributed by atoms with E-state index in [1.807, 2.05) is 24.3 Å². The first-order valence-corrected chi connectivity index (χ1v) is 7.56. The Morgan fingerprint density at radius 1 is 1.15 bits per heavy atom. The number of nitrogens with zero attached hydrogens (tertiary/aromatic N) is 1. The molecule has 0 saturated carbocycles. The van der Waals surface area contributed by atoms with Gasteiger partial charge < -0.3 is 10.7 Å². The summed E-state index contributed by atoms with van der Waals surface area (Å²) in [7, 11) is 0. The number of para-hydroxylation sites is 2. The van der Waals surface area contributed by atoms with E-state index in [1.165, 1.54) is 16.7 Å². The zero-order valence-electron chi connectivity index (χ0n) is 11.6. The van der Waals surface area contributed by atoms with Crippen molar-refractivity contribution < 1.29 is 0 Å². The van der Waals surface area contributed by atoms with Crippen molar-refractivity contribution in [1.82, 2.24) is 9.97 Å². The molecule has 102 valence electrons. The number of aromatic amines is 1. The van der Waals surface area contributed by atoms with Gasteiger partial charge in [0.15, 0.2) is 5.16 Å². The second-order valence-corrected chi connectivity index (χ2v) is 5.89. The number of nitrogens with two attached hydrogens (primary N) is 1. The SMILES string of the molecule is Cc1ccc(CSc2nc3ccccc3[nH]2)c(N)c1C. The number of thioether (sulfide) groups is 1. The summed E-state index contributed by atoms with van der Waals surface area (Å²) in [6, 6.07) is 12.3. The van der Waals surface area contributed by atoms with Crippen LogP contribution in [0.1, 0.15) is 16.7 Å². The van der Waals surface area contributed by atoms with Crippen LogP contribution >= 0.6 is 11.8 Å². The van der Waals surface area contributed by atoms with E-state index in [1.54, 1.807) is 11.8 Å². The van der Waals surface area contributed by atoms with Gasteiger partial charge in [-0.1, -0.05) is 36.0 Å². The third-order valence-electron chi connectivity index (χ3n) is 3.61. The van der Waals surface area contributed by atoms with Gasteiger partial charge in [-0.25, -0.2) is 4.98 Å². The van der Waals surface area contributed by atoms with Crippen LogP contribution in [0.3, 0.4) is 0 Å². The molecule has 4 heteroatoms. The number of nitrogen functional groups attached to an aromatic ring is 1. The molecule has 2 aromatic carbocycles. The number of imidazole rings is 1. The Morgan fingerprint density at radius 2 is 1.95 bits per heavy atom. The minimum atomic E-state index is 0.826. The van der Waals surface area contributed by atoms with Crippen molar-refractivity contribution in [3.05, 3.63) is 53.1 Å². The van der Waals surface area contributed by atoms with Crippen LogP contribution in [0.15, 0.2) is 41.6 Å². The van der Waals surface area contributed by atoms with E-state index in [0.29, 0.717) is 0 Å². The van der Waals surface area contributed by atoms with Crippen LogP contribution in [0.2, 0.25) is 0 Å². The minimum absolute atomic E-state index is 0.826. The summed E-state index contributed by atoms with van der Waals surface area (Å²) < 4.78 is 0. The van der Waals surface area contributed by atoms with E-state index in [9.17, 15) is 0 Å². The highest BCUT2D eigenvalue weighted by atomic mass is 32.2. The number of nitrogens with one attached hydrogen (secondary N) is 1. The summed E-state index contributed by atoms with van der Waals surface area (Å²) in [6.07, 6.45) is 0. The number of fused-ring (bicyclic) bond motifs is 1. The summed E-state index contributed by atoms with van der Waals surface area (Å²) in [5.74, 6) is 0.826. The molecule has 0 radical (unpaired) electrons. The average molecular weight is 283 g/mol. The van der Waals surface area contributed by atoms with E-state index in [-0.39, 0.29) is 0 Å². The molecule has 20 heavy (non-hydrogen) atoms. The van der Waals surface area contributed by atoms with Crippen molar-refractivity contribution in [2.24, 2.45) is 0 Å². The van der Waals surface area contributed by atoms with Crippen molar-refractivity contribution in [2.45, 2.75) is 24.8 Å². The molecule has 3 rings (SSSR count). The van der Waals surface area contributed by atoms with Crippen molar-refractivity contribution >= 4 is 28.5 Å². The predicted molar refractivity (Wildman–Crippen MR) is 86.0 cm³/mol. The van der Waals surface area contributed by atoms with Gasteiger partial charge in [-0.2, -0.15) is 0 Å². The monoisotopic (exact) mass is 283 g/mol. The molecule has 1 heterocycles. The van der Waals surface area contributed by atoms with E-state index < -0.39 is 0 Å². The third-order valence-corrected chi connectivity index (χ3v) is 4.53. The molecule has 0 bridgehead atoms.